The number of carbonyl (C=O) groups excluding carboxylic acids is 1. The maximum Gasteiger partial charge on any atom is 0.263 e. The Morgan fingerprint density at radius 1 is 1.30 bits per heavy atom. The normalized spacial score (nSPS) is 12.3. The molecule has 0 unspecified atom stereocenters. The summed E-state index contributed by atoms with van der Waals surface area (Å²) in [6.07, 6.45) is 1.84. The molecular formula is C22H26FN3O2S2. The van der Waals surface area contributed by atoms with Crippen LogP contribution in [-0.2, 0) is 11.3 Å². The van der Waals surface area contributed by atoms with Crippen LogP contribution in [0, 0.1) is 19.7 Å². The minimum atomic E-state index is -0.307. The van der Waals surface area contributed by atoms with Gasteiger partial charge in [0.25, 0.3) is 5.56 Å². The van der Waals surface area contributed by atoms with E-state index in [4.69, 9.17) is 4.98 Å². The van der Waals surface area contributed by atoms with Crippen molar-refractivity contribution in [3.8, 4) is 0 Å². The molecular weight excluding hydrogens is 421 g/mol. The molecule has 0 saturated heterocycles. The van der Waals surface area contributed by atoms with Crippen LogP contribution in [0.5, 0.6) is 0 Å². The second kappa shape index (κ2) is 9.75. The van der Waals surface area contributed by atoms with Crippen molar-refractivity contribution in [3.05, 3.63) is 56.4 Å². The number of hydrogen-bond acceptors (Lipinski definition) is 5. The number of halogens is 1. The molecule has 30 heavy (non-hydrogen) atoms. The van der Waals surface area contributed by atoms with Crippen LogP contribution in [0.3, 0.4) is 0 Å². The number of hydrogen-bond donors (Lipinski definition) is 1. The van der Waals surface area contributed by atoms with Gasteiger partial charge in [0.1, 0.15) is 10.6 Å². The Morgan fingerprint density at radius 3 is 2.67 bits per heavy atom. The first kappa shape index (κ1) is 22.5. The topological polar surface area (TPSA) is 64.0 Å². The van der Waals surface area contributed by atoms with Crippen LogP contribution < -0.4 is 10.9 Å². The Balaban J connectivity index is 1.77. The fraction of sp³-hybridized carbons (Fsp3) is 0.409. The second-order valence-electron chi connectivity index (χ2n) is 7.30. The number of amides is 1. The van der Waals surface area contributed by atoms with E-state index in [0.29, 0.717) is 17.1 Å². The summed E-state index contributed by atoms with van der Waals surface area (Å²) >= 11 is 2.79. The highest BCUT2D eigenvalue weighted by Crippen LogP contribution is 2.28. The molecule has 160 valence electrons. The molecule has 2 aromatic heterocycles. The molecule has 5 nitrogen and oxygen atoms in total. The average molecular weight is 448 g/mol. The van der Waals surface area contributed by atoms with Crippen molar-refractivity contribution in [2.24, 2.45) is 0 Å². The Labute approximate surface area is 183 Å². The first-order valence-corrected chi connectivity index (χ1v) is 11.8. The van der Waals surface area contributed by atoms with Crippen LogP contribution in [0.25, 0.3) is 10.2 Å². The number of thioether (sulfide) groups is 1. The minimum Gasteiger partial charge on any atom is -0.349 e. The van der Waals surface area contributed by atoms with E-state index in [2.05, 4.69) is 12.2 Å². The summed E-state index contributed by atoms with van der Waals surface area (Å²) in [4.78, 5) is 32.1. The lowest BCUT2D eigenvalue weighted by Crippen LogP contribution is -2.29. The van der Waals surface area contributed by atoms with Crippen molar-refractivity contribution in [1.29, 1.82) is 0 Å². The molecule has 1 atom stereocenters. The van der Waals surface area contributed by atoms with Gasteiger partial charge in [0.05, 0.1) is 17.2 Å². The summed E-state index contributed by atoms with van der Waals surface area (Å²) in [6, 6.07) is 5.84. The molecule has 0 fully saturated rings. The molecule has 0 bridgehead atoms. The monoisotopic (exact) mass is 447 g/mol. The van der Waals surface area contributed by atoms with Crippen molar-refractivity contribution in [2.75, 3.05) is 5.75 Å². The fourth-order valence-electron chi connectivity index (χ4n) is 3.18. The van der Waals surface area contributed by atoms with Gasteiger partial charge in [-0.05, 0) is 50.5 Å². The van der Waals surface area contributed by atoms with Crippen molar-refractivity contribution < 1.29 is 9.18 Å². The summed E-state index contributed by atoms with van der Waals surface area (Å²) in [7, 11) is 0. The first-order valence-electron chi connectivity index (χ1n) is 10.00. The summed E-state index contributed by atoms with van der Waals surface area (Å²) in [5.74, 6) is -0.316. The van der Waals surface area contributed by atoms with Crippen molar-refractivity contribution in [2.45, 2.75) is 58.3 Å². The highest BCUT2D eigenvalue weighted by Gasteiger charge is 2.18. The first-order chi connectivity index (χ1) is 14.3. The van der Waals surface area contributed by atoms with Gasteiger partial charge in [-0.25, -0.2) is 9.37 Å². The largest absolute Gasteiger partial charge is 0.349 e. The molecule has 0 spiro atoms. The number of rotatable bonds is 8. The van der Waals surface area contributed by atoms with E-state index >= 15 is 0 Å². The molecule has 1 N–H and O–H groups in total. The van der Waals surface area contributed by atoms with Gasteiger partial charge < -0.3 is 5.32 Å². The van der Waals surface area contributed by atoms with E-state index in [9.17, 15) is 14.0 Å². The summed E-state index contributed by atoms with van der Waals surface area (Å²) in [6.45, 7) is 8.47. The van der Waals surface area contributed by atoms with Crippen molar-refractivity contribution in [1.82, 2.24) is 14.9 Å². The van der Waals surface area contributed by atoms with Gasteiger partial charge >= 0.3 is 0 Å². The zero-order chi connectivity index (χ0) is 21.8. The third-order valence-electron chi connectivity index (χ3n) is 5.07. The van der Waals surface area contributed by atoms with E-state index in [-0.39, 0.29) is 29.1 Å². The molecule has 8 heteroatoms. The lowest BCUT2D eigenvalue weighted by atomic mass is 10.1. The Hall–Kier alpha value is -2.19. The van der Waals surface area contributed by atoms with Gasteiger partial charge in [-0.15, -0.1) is 11.3 Å². The predicted octanol–water partition coefficient (Wildman–Crippen LogP) is 4.98. The highest BCUT2D eigenvalue weighted by molar-refractivity contribution is 7.99. The number of carbonyl (C=O) groups is 1. The number of fused-ring (bicyclic) bond motifs is 1. The zero-order valence-electron chi connectivity index (χ0n) is 17.6. The third kappa shape index (κ3) is 4.92. The molecule has 0 aliphatic heterocycles. The Morgan fingerprint density at radius 2 is 2.00 bits per heavy atom. The van der Waals surface area contributed by atoms with Gasteiger partial charge in [-0.2, -0.15) is 0 Å². The second-order valence-corrected chi connectivity index (χ2v) is 9.44. The van der Waals surface area contributed by atoms with Gasteiger partial charge in [-0.3, -0.25) is 14.2 Å². The highest BCUT2D eigenvalue weighted by atomic mass is 32.2. The maximum atomic E-state index is 13.1. The van der Waals surface area contributed by atoms with Crippen molar-refractivity contribution in [3.63, 3.8) is 0 Å². The number of aromatic nitrogens is 2. The van der Waals surface area contributed by atoms with Gasteiger partial charge in [0.15, 0.2) is 5.16 Å². The maximum absolute atomic E-state index is 13.1. The average Bonchev–Trinajstić information content (AvgIpc) is 3.00. The molecule has 2 heterocycles. The van der Waals surface area contributed by atoms with Gasteiger partial charge in [-0.1, -0.05) is 37.2 Å². The number of nitrogens with zero attached hydrogens (tertiary/aromatic N) is 2. The van der Waals surface area contributed by atoms with Crippen LogP contribution in [0.2, 0.25) is 0 Å². The standard InChI is InChI=1S/C22H26FN3O2S2/c1-5-6-11-26-21(28)19-13(2)15(4)30-20(19)25-22(26)29-12-18(27)24-14(3)16-7-9-17(23)10-8-16/h7-10,14H,5-6,11-12H2,1-4H3,(H,24,27)/t14-/m0/s1. The predicted molar refractivity (Wildman–Crippen MR) is 122 cm³/mol. The molecule has 1 amide bonds. The van der Waals surface area contributed by atoms with Crippen LogP contribution in [0.1, 0.15) is 48.7 Å². The fourth-order valence-corrected chi connectivity index (χ4v) is 5.09. The molecule has 0 aliphatic carbocycles. The van der Waals surface area contributed by atoms with Crippen LogP contribution in [0.4, 0.5) is 4.39 Å². The van der Waals surface area contributed by atoms with E-state index in [0.717, 1.165) is 33.7 Å². The van der Waals surface area contributed by atoms with Gasteiger partial charge in [0, 0.05) is 11.4 Å². The molecule has 0 saturated carbocycles. The van der Waals surface area contributed by atoms with Crippen LogP contribution in [-0.4, -0.2) is 21.2 Å². The lowest BCUT2D eigenvalue weighted by molar-refractivity contribution is -0.119. The lowest BCUT2D eigenvalue weighted by Gasteiger charge is -2.15. The SMILES string of the molecule is CCCCn1c(SCC(=O)N[C@@H](C)c2ccc(F)cc2)nc2sc(C)c(C)c2c1=O. The number of unbranched alkanes of at least 4 members (excludes halogenated alkanes) is 1. The summed E-state index contributed by atoms with van der Waals surface area (Å²) < 4.78 is 14.8. The molecule has 1 aromatic carbocycles. The van der Waals surface area contributed by atoms with E-state index in [1.54, 1.807) is 16.7 Å². The number of nitrogens with one attached hydrogen (secondary N) is 1. The number of benzene rings is 1. The Bertz CT molecular complexity index is 1110. The van der Waals surface area contributed by atoms with E-state index < -0.39 is 0 Å². The van der Waals surface area contributed by atoms with Crippen molar-refractivity contribution >= 4 is 39.2 Å². The number of thiophene rings is 1. The van der Waals surface area contributed by atoms with E-state index in [1.807, 2.05) is 20.8 Å². The van der Waals surface area contributed by atoms with Crippen LogP contribution in [0.15, 0.2) is 34.2 Å². The minimum absolute atomic E-state index is 0.0297. The zero-order valence-corrected chi connectivity index (χ0v) is 19.3. The third-order valence-corrected chi connectivity index (χ3v) is 7.15. The number of aryl methyl sites for hydroxylation is 2. The smallest absolute Gasteiger partial charge is 0.263 e. The molecule has 0 aliphatic rings. The molecule has 3 aromatic rings. The van der Waals surface area contributed by atoms with Crippen LogP contribution >= 0.6 is 23.1 Å². The van der Waals surface area contributed by atoms with E-state index in [1.165, 1.54) is 35.2 Å². The summed E-state index contributed by atoms with van der Waals surface area (Å²) in [5, 5.41) is 4.18. The summed E-state index contributed by atoms with van der Waals surface area (Å²) in [5.41, 5.74) is 1.79. The quantitative estimate of drug-likeness (QED) is 0.391. The molecule has 3 rings (SSSR count). The van der Waals surface area contributed by atoms with Gasteiger partial charge in [0.2, 0.25) is 5.91 Å². The molecule has 0 radical (unpaired) electrons. The Kier molecular flexibility index (Phi) is 7.31.